The summed E-state index contributed by atoms with van der Waals surface area (Å²) in [5.74, 6) is -0.228. The van der Waals surface area contributed by atoms with Gasteiger partial charge in [-0.1, -0.05) is 12.1 Å². The maximum atomic E-state index is 13.4. The Morgan fingerprint density at radius 1 is 1.17 bits per heavy atom. The fourth-order valence-electron chi connectivity index (χ4n) is 3.67. The molecule has 1 amide bonds. The standard InChI is InChI=1S/C20H18F3N5O/c1-12-8-13(25-24-9-12)10-28-7-6-15-14(4-3-5-16(15)19(28)29)17-11-27(2)26-18(17)20(21,22)23/h3-5,8-9,11H,6-7,10H2,1-2H3. The van der Waals surface area contributed by atoms with Crippen molar-refractivity contribution >= 4 is 5.91 Å². The Bertz CT molecular complexity index is 1090. The van der Waals surface area contributed by atoms with Gasteiger partial charge in [0.05, 0.1) is 18.4 Å². The second-order valence-electron chi connectivity index (χ2n) is 7.10. The molecule has 3 aromatic rings. The van der Waals surface area contributed by atoms with Crippen LogP contribution in [0.1, 0.15) is 32.9 Å². The Morgan fingerprint density at radius 3 is 2.66 bits per heavy atom. The number of benzene rings is 1. The van der Waals surface area contributed by atoms with Crippen LogP contribution >= 0.6 is 0 Å². The Labute approximate surface area is 165 Å². The van der Waals surface area contributed by atoms with E-state index >= 15 is 0 Å². The molecule has 3 heterocycles. The third-order valence-corrected chi connectivity index (χ3v) is 4.91. The predicted octanol–water partition coefficient (Wildman–Crippen LogP) is 3.40. The van der Waals surface area contributed by atoms with E-state index in [0.29, 0.717) is 41.9 Å². The second-order valence-corrected chi connectivity index (χ2v) is 7.10. The number of amides is 1. The fraction of sp³-hybridized carbons (Fsp3) is 0.300. The van der Waals surface area contributed by atoms with Crippen molar-refractivity contribution in [1.29, 1.82) is 0 Å². The molecular weight excluding hydrogens is 383 g/mol. The first-order valence-electron chi connectivity index (χ1n) is 9.04. The summed E-state index contributed by atoms with van der Waals surface area (Å²) >= 11 is 0. The van der Waals surface area contributed by atoms with E-state index in [2.05, 4.69) is 15.3 Å². The quantitative estimate of drug-likeness (QED) is 0.675. The highest BCUT2D eigenvalue weighted by Gasteiger charge is 2.38. The molecule has 1 aromatic carbocycles. The highest BCUT2D eigenvalue weighted by atomic mass is 19.4. The number of hydrogen-bond acceptors (Lipinski definition) is 4. The summed E-state index contributed by atoms with van der Waals surface area (Å²) in [6.45, 7) is 2.59. The van der Waals surface area contributed by atoms with Crippen LogP contribution in [0.4, 0.5) is 13.2 Å². The fourth-order valence-corrected chi connectivity index (χ4v) is 3.67. The first-order valence-corrected chi connectivity index (χ1v) is 9.04. The number of alkyl halides is 3. The summed E-state index contributed by atoms with van der Waals surface area (Å²) in [4.78, 5) is 14.7. The topological polar surface area (TPSA) is 63.9 Å². The molecule has 0 bridgehead atoms. The Balaban J connectivity index is 1.71. The van der Waals surface area contributed by atoms with Crippen LogP contribution in [0.2, 0.25) is 0 Å². The van der Waals surface area contributed by atoms with Gasteiger partial charge in [-0.3, -0.25) is 9.48 Å². The third-order valence-electron chi connectivity index (χ3n) is 4.91. The monoisotopic (exact) mass is 401 g/mol. The number of rotatable bonds is 3. The molecule has 0 spiro atoms. The number of aromatic nitrogens is 4. The molecule has 0 saturated heterocycles. The summed E-state index contributed by atoms with van der Waals surface area (Å²) in [5, 5.41) is 11.5. The van der Waals surface area contributed by atoms with Crippen LogP contribution in [0, 0.1) is 6.92 Å². The van der Waals surface area contributed by atoms with Gasteiger partial charge in [0.2, 0.25) is 0 Å². The van der Waals surface area contributed by atoms with Crippen molar-refractivity contribution in [2.75, 3.05) is 6.54 Å². The van der Waals surface area contributed by atoms with Crippen LogP contribution in [0.3, 0.4) is 0 Å². The Hall–Kier alpha value is -3.23. The van der Waals surface area contributed by atoms with Crippen LogP contribution in [-0.2, 0) is 26.2 Å². The molecule has 0 N–H and O–H groups in total. The van der Waals surface area contributed by atoms with Gasteiger partial charge in [-0.15, -0.1) is 0 Å². The minimum Gasteiger partial charge on any atom is -0.332 e. The van der Waals surface area contributed by atoms with Gasteiger partial charge in [0.25, 0.3) is 5.91 Å². The first-order chi connectivity index (χ1) is 13.7. The molecule has 9 heteroatoms. The number of nitrogens with zero attached hydrogens (tertiary/aromatic N) is 5. The van der Waals surface area contributed by atoms with E-state index < -0.39 is 11.9 Å². The number of carbonyl (C=O) groups is 1. The van der Waals surface area contributed by atoms with Gasteiger partial charge in [0.1, 0.15) is 0 Å². The number of carbonyl (C=O) groups excluding carboxylic acids is 1. The average molecular weight is 401 g/mol. The molecule has 1 aliphatic rings. The average Bonchev–Trinajstić information content (AvgIpc) is 3.06. The van der Waals surface area contributed by atoms with E-state index in [4.69, 9.17) is 0 Å². The largest absolute Gasteiger partial charge is 0.435 e. The van der Waals surface area contributed by atoms with E-state index in [1.54, 1.807) is 29.3 Å². The van der Waals surface area contributed by atoms with Crippen molar-refractivity contribution < 1.29 is 18.0 Å². The molecule has 0 saturated carbocycles. The molecule has 4 rings (SSSR count). The number of halogens is 3. The van der Waals surface area contributed by atoms with Gasteiger partial charge in [-0.2, -0.15) is 28.5 Å². The van der Waals surface area contributed by atoms with Gasteiger partial charge in [0, 0.05) is 30.9 Å². The molecule has 2 aromatic heterocycles. The van der Waals surface area contributed by atoms with Gasteiger partial charge in [0.15, 0.2) is 5.69 Å². The molecule has 0 unspecified atom stereocenters. The summed E-state index contributed by atoms with van der Waals surface area (Å²) in [7, 11) is 1.45. The molecule has 1 aliphatic heterocycles. The van der Waals surface area contributed by atoms with Crippen LogP contribution in [-0.4, -0.2) is 37.3 Å². The zero-order valence-electron chi connectivity index (χ0n) is 15.9. The van der Waals surface area contributed by atoms with Crippen LogP contribution in [0.15, 0.2) is 36.7 Å². The lowest BCUT2D eigenvalue weighted by Gasteiger charge is -2.29. The molecule has 0 radical (unpaired) electrons. The molecule has 0 aliphatic carbocycles. The molecule has 0 fully saturated rings. The van der Waals surface area contributed by atoms with E-state index in [-0.39, 0.29) is 11.5 Å². The lowest BCUT2D eigenvalue weighted by molar-refractivity contribution is -0.140. The molecule has 0 atom stereocenters. The molecule has 150 valence electrons. The normalized spacial score (nSPS) is 14.2. The van der Waals surface area contributed by atoms with Crippen LogP contribution in [0.5, 0.6) is 0 Å². The van der Waals surface area contributed by atoms with Gasteiger partial charge < -0.3 is 4.90 Å². The second kappa shape index (κ2) is 6.98. The zero-order chi connectivity index (χ0) is 20.8. The minimum atomic E-state index is -4.58. The van der Waals surface area contributed by atoms with Gasteiger partial charge in [-0.05, 0) is 42.2 Å². The smallest absolute Gasteiger partial charge is 0.332 e. The number of aryl methyl sites for hydroxylation is 2. The van der Waals surface area contributed by atoms with Crippen molar-refractivity contribution in [3.63, 3.8) is 0 Å². The SMILES string of the molecule is Cc1cnnc(CN2CCc3c(cccc3-c3cn(C)nc3C(F)(F)F)C2=O)c1. The Morgan fingerprint density at radius 2 is 1.93 bits per heavy atom. The van der Waals surface area contributed by atoms with Crippen molar-refractivity contribution in [2.45, 2.75) is 26.1 Å². The molecular formula is C20H18F3N5O. The summed E-state index contributed by atoms with van der Waals surface area (Å²) in [5.41, 5.74) is 2.07. The summed E-state index contributed by atoms with van der Waals surface area (Å²) in [6.07, 6.45) is -1.15. The highest BCUT2D eigenvalue weighted by molar-refractivity contribution is 5.98. The van der Waals surface area contributed by atoms with Crippen molar-refractivity contribution in [3.8, 4) is 11.1 Å². The van der Waals surface area contributed by atoms with Crippen molar-refractivity contribution in [1.82, 2.24) is 24.9 Å². The number of fused-ring (bicyclic) bond motifs is 1. The zero-order valence-corrected chi connectivity index (χ0v) is 15.9. The summed E-state index contributed by atoms with van der Waals surface area (Å²) < 4.78 is 41.4. The van der Waals surface area contributed by atoms with Crippen LogP contribution in [0.25, 0.3) is 11.1 Å². The van der Waals surface area contributed by atoms with Gasteiger partial charge in [-0.25, -0.2) is 0 Å². The van der Waals surface area contributed by atoms with E-state index in [1.165, 1.54) is 13.2 Å². The highest BCUT2D eigenvalue weighted by Crippen LogP contribution is 2.39. The predicted molar refractivity (Wildman–Crippen MR) is 98.9 cm³/mol. The molecule has 6 nitrogen and oxygen atoms in total. The van der Waals surface area contributed by atoms with Crippen molar-refractivity contribution in [3.05, 3.63) is 64.7 Å². The number of hydrogen-bond donors (Lipinski definition) is 0. The first kappa shape index (κ1) is 19.1. The third kappa shape index (κ3) is 3.59. The Kier molecular flexibility index (Phi) is 4.60. The van der Waals surface area contributed by atoms with Crippen LogP contribution < -0.4 is 0 Å². The maximum Gasteiger partial charge on any atom is 0.435 e. The summed E-state index contributed by atoms with van der Waals surface area (Å²) in [6, 6.07) is 6.73. The van der Waals surface area contributed by atoms with E-state index in [9.17, 15) is 18.0 Å². The van der Waals surface area contributed by atoms with Crippen molar-refractivity contribution in [2.24, 2.45) is 7.05 Å². The van der Waals surface area contributed by atoms with E-state index in [1.807, 2.05) is 13.0 Å². The lowest BCUT2D eigenvalue weighted by Crippen LogP contribution is -2.37. The minimum absolute atomic E-state index is 0.0114. The van der Waals surface area contributed by atoms with Gasteiger partial charge >= 0.3 is 6.18 Å². The molecule has 29 heavy (non-hydrogen) atoms. The lowest BCUT2D eigenvalue weighted by atomic mass is 9.90. The maximum absolute atomic E-state index is 13.4. The van der Waals surface area contributed by atoms with E-state index in [0.717, 1.165) is 10.2 Å².